The highest BCUT2D eigenvalue weighted by molar-refractivity contribution is 6.14. The van der Waals surface area contributed by atoms with Gasteiger partial charge in [-0.15, -0.1) is 0 Å². The smallest absolute Gasteiger partial charge is 0.337 e. The molecule has 6 heteroatoms. The molecule has 3 aromatic rings. The number of hydrogen-bond donors (Lipinski definition) is 0. The highest BCUT2D eigenvalue weighted by Gasteiger charge is 2.41. The van der Waals surface area contributed by atoms with Gasteiger partial charge in [0.15, 0.2) is 5.78 Å². The first-order valence-corrected chi connectivity index (χ1v) is 11.7. The summed E-state index contributed by atoms with van der Waals surface area (Å²) in [6, 6.07) is 25.5. The Morgan fingerprint density at radius 3 is 1.57 bits per heavy atom. The van der Waals surface area contributed by atoms with Crippen molar-refractivity contribution >= 4 is 29.9 Å². The van der Waals surface area contributed by atoms with Crippen LogP contribution in [0.4, 0.5) is 0 Å². The van der Waals surface area contributed by atoms with Gasteiger partial charge in [0.25, 0.3) is 0 Å². The van der Waals surface area contributed by atoms with Crippen LogP contribution in [0, 0.1) is 11.3 Å². The average molecular weight is 492 g/mol. The molecule has 0 aromatic heterocycles. The van der Waals surface area contributed by atoms with E-state index in [9.17, 15) is 19.6 Å². The Balaban J connectivity index is 1.77. The van der Waals surface area contributed by atoms with Crippen molar-refractivity contribution in [3.05, 3.63) is 118 Å². The molecule has 0 spiro atoms. The number of Topliss-reactive ketones (excluding diaryl/α,β-unsaturated/α-hetero) is 1. The molecule has 6 nitrogen and oxygen atoms in total. The quantitative estimate of drug-likeness (QED) is 0.343. The van der Waals surface area contributed by atoms with Gasteiger partial charge in [-0.05, 0) is 65.9 Å². The van der Waals surface area contributed by atoms with Crippen LogP contribution in [0.5, 0.6) is 0 Å². The van der Waals surface area contributed by atoms with E-state index in [0.29, 0.717) is 22.3 Å². The molecular weight excluding hydrogens is 466 g/mol. The second-order valence-corrected chi connectivity index (χ2v) is 8.81. The van der Waals surface area contributed by atoms with Crippen LogP contribution in [0.2, 0.25) is 0 Å². The largest absolute Gasteiger partial charge is 0.465 e. The Morgan fingerprint density at radius 2 is 1.19 bits per heavy atom. The summed E-state index contributed by atoms with van der Waals surface area (Å²) >= 11 is 0. The molecule has 4 rings (SSSR count). The van der Waals surface area contributed by atoms with Crippen molar-refractivity contribution in [1.82, 2.24) is 0 Å². The van der Waals surface area contributed by atoms with Crippen molar-refractivity contribution < 1.29 is 23.9 Å². The first kappa shape index (κ1) is 25.3. The fraction of sp³-hybridized carbons (Fsp3) is 0.161. The third-order valence-corrected chi connectivity index (χ3v) is 6.45. The van der Waals surface area contributed by atoms with Crippen LogP contribution in [-0.4, -0.2) is 31.9 Å². The second-order valence-electron chi connectivity index (χ2n) is 8.81. The summed E-state index contributed by atoms with van der Waals surface area (Å²) in [5, 5.41) is 10.4. The highest BCUT2D eigenvalue weighted by atomic mass is 16.5. The minimum absolute atomic E-state index is 0.143. The molecule has 37 heavy (non-hydrogen) atoms. The summed E-state index contributed by atoms with van der Waals surface area (Å²) in [5.41, 5.74) is 3.20. The van der Waals surface area contributed by atoms with Crippen LogP contribution in [0.15, 0.2) is 90.0 Å². The van der Waals surface area contributed by atoms with E-state index in [4.69, 9.17) is 9.47 Å². The molecule has 0 unspecified atom stereocenters. The van der Waals surface area contributed by atoms with Crippen LogP contribution < -0.4 is 0 Å². The predicted molar refractivity (Wildman–Crippen MR) is 139 cm³/mol. The number of carbonyl (C=O) groups excluding carboxylic acids is 3. The lowest BCUT2D eigenvalue weighted by molar-refractivity contribution is -0.113. The molecule has 1 aliphatic rings. The minimum atomic E-state index is -0.926. The van der Waals surface area contributed by atoms with E-state index in [1.807, 2.05) is 30.3 Å². The SMILES string of the molecule is COC(=O)c1ccc(C=C2CC(C#N)(c3ccccc3)CC(=Cc3ccc(C(=O)OC)cc3)C2=O)cc1. The number of carbonyl (C=O) groups is 3. The average Bonchev–Trinajstić information content (AvgIpc) is 2.95. The summed E-state index contributed by atoms with van der Waals surface area (Å²) in [5.74, 6) is -1.02. The van der Waals surface area contributed by atoms with E-state index in [2.05, 4.69) is 6.07 Å². The summed E-state index contributed by atoms with van der Waals surface area (Å²) in [6.07, 6.45) is 4.05. The minimum Gasteiger partial charge on any atom is -0.465 e. The van der Waals surface area contributed by atoms with Gasteiger partial charge in [-0.25, -0.2) is 9.59 Å². The van der Waals surface area contributed by atoms with Crippen LogP contribution in [0.1, 0.15) is 50.2 Å². The van der Waals surface area contributed by atoms with Crippen LogP contribution >= 0.6 is 0 Å². The van der Waals surface area contributed by atoms with Crippen molar-refractivity contribution in [3.8, 4) is 6.07 Å². The second kappa shape index (κ2) is 10.9. The molecule has 0 atom stereocenters. The molecule has 3 aromatic carbocycles. The van der Waals surface area contributed by atoms with Gasteiger partial charge in [0, 0.05) is 11.1 Å². The Morgan fingerprint density at radius 1 is 0.757 bits per heavy atom. The molecule has 0 aliphatic heterocycles. The fourth-order valence-corrected chi connectivity index (χ4v) is 4.49. The Hall–Kier alpha value is -4.76. The zero-order chi connectivity index (χ0) is 26.4. The number of nitrogens with zero attached hydrogens (tertiary/aromatic N) is 1. The van der Waals surface area contributed by atoms with Gasteiger partial charge in [-0.3, -0.25) is 4.79 Å². The topological polar surface area (TPSA) is 93.5 Å². The van der Waals surface area contributed by atoms with Gasteiger partial charge in [0.05, 0.1) is 36.8 Å². The third-order valence-electron chi connectivity index (χ3n) is 6.45. The molecule has 1 saturated carbocycles. The molecule has 184 valence electrons. The van der Waals surface area contributed by atoms with Crippen molar-refractivity contribution in [3.63, 3.8) is 0 Å². The predicted octanol–water partition coefficient (Wildman–Crippen LogP) is 5.55. The summed E-state index contributed by atoms with van der Waals surface area (Å²) in [6.45, 7) is 0. The first-order chi connectivity index (χ1) is 17.9. The summed E-state index contributed by atoms with van der Waals surface area (Å²) in [4.78, 5) is 37.2. The molecular formula is C31H25NO5. The number of ether oxygens (including phenoxy) is 2. The molecule has 0 saturated heterocycles. The number of ketones is 1. The molecule has 0 radical (unpaired) electrons. The highest BCUT2D eigenvalue weighted by Crippen LogP contribution is 2.43. The molecule has 1 fully saturated rings. The van der Waals surface area contributed by atoms with E-state index in [0.717, 1.165) is 16.7 Å². The Bertz CT molecular complexity index is 1340. The monoisotopic (exact) mass is 491 g/mol. The van der Waals surface area contributed by atoms with Crippen molar-refractivity contribution in [2.75, 3.05) is 14.2 Å². The lowest BCUT2D eigenvalue weighted by Gasteiger charge is -2.33. The Kier molecular flexibility index (Phi) is 7.45. The molecule has 0 bridgehead atoms. The lowest BCUT2D eigenvalue weighted by atomic mass is 9.66. The Labute approximate surface area is 215 Å². The van der Waals surface area contributed by atoms with Gasteiger partial charge in [0.1, 0.15) is 0 Å². The van der Waals surface area contributed by atoms with Gasteiger partial charge in [-0.1, -0.05) is 54.6 Å². The zero-order valence-corrected chi connectivity index (χ0v) is 20.6. The van der Waals surface area contributed by atoms with E-state index >= 15 is 0 Å². The molecule has 0 heterocycles. The maximum absolute atomic E-state index is 13.6. The van der Waals surface area contributed by atoms with E-state index < -0.39 is 17.4 Å². The number of rotatable bonds is 5. The van der Waals surface area contributed by atoms with Crippen molar-refractivity contribution in [1.29, 1.82) is 5.26 Å². The molecule has 1 aliphatic carbocycles. The molecule has 0 N–H and O–H groups in total. The maximum atomic E-state index is 13.6. The maximum Gasteiger partial charge on any atom is 0.337 e. The zero-order valence-electron chi connectivity index (χ0n) is 20.6. The van der Waals surface area contributed by atoms with Gasteiger partial charge in [-0.2, -0.15) is 5.26 Å². The number of benzene rings is 3. The van der Waals surface area contributed by atoms with E-state index in [-0.39, 0.29) is 18.6 Å². The molecule has 0 amide bonds. The number of hydrogen-bond acceptors (Lipinski definition) is 6. The normalized spacial score (nSPS) is 19.3. The third kappa shape index (κ3) is 5.41. The van der Waals surface area contributed by atoms with Crippen LogP contribution in [0.3, 0.4) is 0 Å². The van der Waals surface area contributed by atoms with E-state index in [1.165, 1.54) is 14.2 Å². The number of esters is 2. The number of methoxy groups -OCH3 is 2. The van der Waals surface area contributed by atoms with Crippen LogP contribution in [0.25, 0.3) is 12.2 Å². The number of nitriles is 1. The van der Waals surface area contributed by atoms with Gasteiger partial charge < -0.3 is 9.47 Å². The standard InChI is InChI=1S/C31H25NO5/c1-36-29(34)23-12-8-21(9-13-23)16-25-18-31(20-32,27-6-4-3-5-7-27)19-26(28(25)33)17-22-10-14-24(15-11-22)30(35)37-2/h3-17H,18-19H2,1-2H3. The van der Waals surface area contributed by atoms with Crippen LogP contribution in [-0.2, 0) is 19.7 Å². The number of allylic oxidation sites excluding steroid dienone is 2. The summed E-state index contributed by atoms with van der Waals surface area (Å²) < 4.78 is 9.51. The van der Waals surface area contributed by atoms with Crippen molar-refractivity contribution in [2.24, 2.45) is 0 Å². The van der Waals surface area contributed by atoms with Crippen molar-refractivity contribution in [2.45, 2.75) is 18.3 Å². The first-order valence-electron chi connectivity index (χ1n) is 11.7. The summed E-state index contributed by atoms with van der Waals surface area (Å²) in [7, 11) is 2.64. The van der Waals surface area contributed by atoms with Gasteiger partial charge in [0.2, 0.25) is 0 Å². The lowest BCUT2D eigenvalue weighted by Crippen LogP contribution is -2.33. The fourth-order valence-electron chi connectivity index (χ4n) is 4.49. The van der Waals surface area contributed by atoms with Gasteiger partial charge >= 0.3 is 11.9 Å². The van der Waals surface area contributed by atoms with E-state index in [1.54, 1.807) is 60.7 Å².